The number of nitrogens with zero attached hydrogens (tertiary/aromatic N) is 3. The normalized spacial score (nSPS) is 21.6. The third kappa shape index (κ3) is 8.46. The van der Waals surface area contributed by atoms with Crippen molar-refractivity contribution < 1.29 is 27.9 Å². The molecule has 1 saturated carbocycles. The van der Waals surface area contributed by atoms with E-state index in [1.165, 1.54) is 17.4 Å². The van der Waals surface area contributed by atoms with E-state index >= 15 is 0 Å². The zero-order valence-corrected chi connectivity index (χ0v) is 27.6. The predicted molar refractivity (Wildman–Crippen MR) is 168 cm³/mol. The van der Waals surface area contributed by atoms with E-state index in [1.807, 2.05) is 0 Å². The molecular formula is C30H45N5O6S2. The zero-order chi connectivity index (χ0) is 31.5. The highest BCUT2D eigenvalue weighted by molar-refractivity contribution is 7.89. The number of carbonyl (C=O) groups is 2. The Labute approximate surface area is 259 Å². The maximum absolute atomic E-state index is 13.6. The Hall–Kier alpha value is -2.74. The number of carbonyl (C=O) groups excluding carboxylic acids is 1. The lowest BCUT2D eigenvalue weighted by atomic mass is 9.86. The number of amides is 2. The second-order valence-corrected chi connectivity index (χ2v) is 15.6. The van der Waals surface area contributed by atoms with Crippen molar-refractivity contribution in [3.63, 3.8) is 0 Å². The van der Waals surface area contributed by atoms with Crippen LogP contribution in [0.5, 0.6) is 0 Å². The number of hydrogen-bond acceptors (Lipinski definition) is 8. The van der Waals surface area contributed by atoms with Crippen molar-refractivity contribution in [3.05, 3.63) is 29.4 Å². The molecule has 13 heteroatoms. The van der Waals surface area contributed by atoms with Crippen LogP contribution in [0.4, 0.5) is 15.3 Å². The van der Waals surface area contributed by atoms with Gasteiger partial charge in [-0.1, -0.05) is 6.07 Å². The van der Waals surface area contributed by atoms with Crippen LogP contribution < -0.4 is 14.9 Å². The molecule has 4 rings (SSSR count). The highest BCUT2D eigenvalue weighted by atomic mass is 32.2. The first-order valence-electron chi connectivity index (χ1n) is 14.9. The van der Waals surface area contributed by atoms with E-state index in [1.54, 1.807) is 52.9 Å². The molecule has 1 saturated heterocycles. The zero-order valence-electron chi connectivity index (χ0n) is 25.9. The first-order valence-corrected chi connectivity index (χ1v) is 17.2. The number of alkyl carbamates (subject to hydrolysis) is 1. The number of ether oxygens (including phenoxy) is 1. The van der Waals surface area contributed by atoms with Crippen LogP contribution in [0.2, 0.25) is 0 Å². The molecule has 43 heavy (non-hydrogen) atoms. The quantitative estimate of drug-likeness (QED) is 0.322. The molecule has 2 heterocycles. The molecule has 0 bridgehead atoms. The second-order valence-electron chi connectivity index (χ2n) is 12.9. The predicted octanol–water partition coefficient (Wildman–Crippen LogP) is 5.63. The summed E-state index contributed by atoms with van der Waals surface area (Å²) in [5.74, 6) is 0.204. The third-order valence-electron chi connectivity index (χ3n) is 7.96. The third-order valence-corrected chi connectivity index (χ3v) is 11.0. The molecule has 2 amide bonds. The molecular weight excluding hydrogens is 590 g/mol. The minimum atomic E-state index is -4.00. The fraction of sp³-hybridized carbons (Fsp3) is 0.633. The minimum absolute atomic E-state index is 0.0113. The molecule has 1 atom stereocenters. The summed E-state index contributed by atoms with van der Waals surface area (Å²) in [4.78, 5) is 33.1. The Kier molecular flexibility index (Phi) is 10.4. The number of thiazole rings is 1. The molecule has 2 aromatic rings. The molecule has 2 aliphatic rings. The van der Waals surface area contributed by atoms with Crippen LogP contribution in [0.1, 0.15) is 84.1 Å². The first kappa shape index (κ1) is 33.2. The van der Waals surface area contributed by atoms with Gasteiger partial charge in [-0.25, -0.2) is 27.7 Å². The van der Waals surface area contributed by atoms with Crippen molar-refractivity contribution >= 4 is 39.2 Å². The van der Waals surface area contributed by atoms with Gasteiger partial charge >= 0.3 is 12.2 Å². The molecule has 1 aromatic carbocycles. The van der Waals surface area contributed by atoms with E-state index < -0.39 is 21.7 Å². The highest BCUT2D eigenvalue weighted by Crippen LogP contribution is 2.40. The van der Waals surface area contributed by atoms with Gasteiger partial charge in [0.05, 0.1) is 14.8 Å². The summed E-state index contributed by atoms with van der Waals surface area (Å²) >= 11 is 1.46. The van der Waals surface area contributed by atoms with Gasteiger partial charge in [0.2, 0.25) is 10.0 Å². The average molecular weight is 636 g/mol. The Morgan fingerprint density at radius 2 is 1.88 bits per heavy atom. The number of nitrogens with one attached hydrogen (secondary N) is 2. The molecule has 238 valence electrons. The highest BCUT2D eigenvalue weighted by Gasteiger charge is 2.30. The average Bonchev–Trinajstić information content (AvgIpc) is 3.55. The number of rotatable bonds is 9. The molecule has 1 aliphatic heterocycles. The molecule has 0 unspecified atom stereocenters. The Morgan fingerprint density at radius 1 is 1.19 bits per heavy atom. The monoisotopic (exact) mass is 635 g/mol. The van der Waals surface area contributed by atoms with Crippen LogP contribution in [0.25, 0.3) is 10.4 Å². The second kappa shape index (κ2) is 13.5. The van der Waals surface area contributed by atoms with Crippen molar-refractivity contribution in [1.82, 2.24) is 19.9 Å². The number of carboxylic acid groups (broad SMARTS) is 1. The molecule has 2 fully saturated rings. The largest absolute Gasteiger partial charge is 0.465 e. The number of aromatic nitrogens is 1. The summed E-state index contributed by atoms with van der Waals surface area (Å²) < 4.78 is 35.4. The van der Waals surface area contributed by atoms with E-state index in [4.69, 9.17) is 4.74 Å². The Bertz CT molecular complexity index is 1400. The van der Waals surface area contributed by atoms with E-state index in [-0.39, 0.29) is 34.7 Å². The number of likely N-dealkylation sites (tertiary alicyclic amines) is 1. The Balaban J connectivity index is 1.47. The summed E-state index contributed by atoms with van der Waals surface area (Å²) in [6.07, 6.45) is 5.67. The molecule has 0 radical (unpaired) electrons. The number of benzene rings is 1. The van der Waals surface area contributed by atoms with Gasteiger partial charge in [-0.3, -0.25) is 4.90 Å². The van der Waals surface area contributed by atoms with Crippen LogP contribution in [0.15, 0.2) is 29.3 Å². The maximum atomic E-state index is 13.6. The SMILES string of the molecule is CC(C)N(C(=O)O)c1ccc(-c2cnc(C3CCC(NC(=O)OC[C@@H]4CCCN4C)CC3)s2)c(S(=O)(=O)NC(C)(C)C)c1. The fourth-order valence-electron chi connectivity index (χ4n) is 5.83. The van der Waals surface area contributed by atoms with Crippen molar-refractivity contribution in [3.8, 4) is 10.4 Å². The number of likely N-dealkylation sites (N-methyl/N-ethyl adjacent to an activating group) is 1. The lowest BCUT2D eigenvalue weighted by Gasteiger charge is -2.28. The van der Waals surface area contributed by atoms with Gasteiger partial charge in [0.15, 0.2) is 0 Å². The van der Waals surface area contributed by atoms with Gasteiger partial charge in [-0.05, 0) is 98.9 Å². The van der Waals surface area contributed by atoms with E-state index in [2.05, 4.69) is 27.0 Å². The van der Waals surface area contributed by atoms with E-state index in [9.17, 15) is 23.1 Å². The smallest absolute Gasteiger partial charge is 0.412 e. The summed E-state index contributed by atoms with van der Waals surface area (Å²) in [5.41, 5.74) is 0.0239. The topological polar surface area (TPSA) is 141 Å². The number of hydrogen-bond donors (Lipinski definition) is 3. The number of sulfonamides is 1. The maximum Gasteiger partial charge on any atom is 0.412 e. The molecule has 3 N–H and O–H groups in total. The van der Waals surface area contributed by atoms with Gasteiger partial charge in [0, 0.05) is 47.0 Å². The van der Waals surface area contributed by atoms with Crippen LogP contribution in [0, 0.1) is 0 Å². The standard InChI is InChI=1S/C30H45N5O6S2/c1-19(2)35(29(37)38)22-13-14-24(26(16-22)43(39,40)33-30(3,4)5)25-17-31-27(42-25)20-9-11-21(12-10-20)32-28(36)41-18-23-8-7-15-34(23)6/h13-14,16-17,19-21,23,33H,7-12,15,18H2,1-6H3,(H,32,36)(H,37,38)/t20?,21?,23-/m0/s1. The lowest BCUT2D eigenvalue weighted by Crippen LogP contribution is -2.41. The van der Waals surface area contributed by atoms with Crippen molar-refractivity contribution in [2.45, 2.75) is 108 Å². The summed E-state index contributed by atoms with van der Waals surface area (Å²) in [6, 6.07) is 4.69. The summed E-state index contributed by atoms with van der Waals surface area (Å²) in [5, 5.41) is 13.7. The Morgan fingerprint density at radius 3 is 2.47 bits per heavy atom. The summed E-state index contributed by atoms with van der Waals surface area (Å²) in [7, 11) is -1.94. The van der Waals surface area contributed by atoms with Crippen LogP contribution in [-0.2, 0) is 14.8 Å². The molecule has 11 nitrogen and oxygen atoms in total. The van der Waals surface area contributed by atoms with Crippen LogP contribution >= 0.6 is 11.3 Å². The molecule has 0 spiro atoms. The van der Waals surface area contributed by atoms with E-state index in [0.29, 0.717) is 23.1 Å². The molecule has 1 aliphatic carbocycles. The van der Waals surface area contributed by atoms with Gasteiger partial charge in [0.25, 0.3) is 0 Å². The van der Waals surface area contributed by atoms with Gasteiger partial charge < -0.3 is 20.1 Å². The fourth-order valence-corrected chi connectivity index (χ4v) is 8.68. The van der Waals surface area contributed by atoms with Crippen molar-refractivity contribution in [2.75, 3.05) is 25.1 Å². The summed E-state index contributed by atoms with van der Waals surface area (Å²) in [6.45, 7) is 10.2. The minimum Gasteiger partial charge on any atom is -0.465 e. The van der Waals surface area contributed by atoms with Gasteiger partial charge in [-0.15, -0.1) is 11.3 Å². The first-order chi connectivity index (χ1) is 20.1. The van der Waals surface area contributed by atoms with Gasteiger partial charge in [-0.2, -0.15) is 0 Å². The van der Waals surface area contributed by atoms with Crippen molar-refractivity contribution in [1.29, 1.82) is 0 Å². The number of anilines is 1. The lowest BCUT2D eigenvalue weighted by molar-refractivity contribution is 0.110. The van der Waals surface area contributed by atoms with Crippen molar-refractivity contribution in [2.24, 2.45) is 0 Å². The molecule has 1 aromatic heterocycles. The van der Waals surface area contributed by atoms with Crippen LogP contribution in [-0.4, -0.2) is 79.5 Å². The van der Waals surface area contributed by atoms with Crippen LogP contribution in [0.3, 0.4) is 0 Å². The van der Waals surface area contributed by atoms with E-state index in [0.717, 1.165) is 55.0 Å². The van der Waals surface area contributed by atoms with Gasteiger partial charge in [0.1, 0.15) is 6.61 Å².